The first-order valence-corrected chi connectivity index (χ1v) is 10.4. The molecule has 0 radical (unpaired) electrons. The molecule has 4 aromatic carbocycles. The molecular formula is C28H21FN2O2. The number of amides is 1. The zero-order valence-corrected chi connectivity index (χ0v) is 18.0. The summed E-state index contributed by atoms with van der Waals surface area (Å²) in [5.41, 5.74) is 3.07. The molecule has 4 aromatic rings. The predicted molar refractivity (Wildman–Crippen MR) is 128 cm³/mol. The Bertz CT molecular complexity index is 1370. The number of rotatable bonds is 6. The fourth-order valence-electron chi connectivity index (χ4n) is 3.42. The molecule has 0 bridgehead atoms. The summed E-state index contributed by atoms with van der Waals surface area (Å²) in [6.07, 6.45) is 1.55. The Hall–Kier alpha value is -4.43. The van der Waals surface area contributed by atoms with E-state index < -0.39 is 5.91 Å². The SMILES string of the molecule is Cc1ccc(NC(=O)/C(C#N)=C/c2c(OCc3ccc(F)cc3)ccc3ccccc23)cc1. The largest absolute Gasteiger partial charge is 0.488 e. The van der Waals surface area contributed by atoms with Crippen molar-refractivity contribution in [1.82, 2.24) is 0 Å². The van der Waals surface area contributed by atoms with E-state index in [1.807, 2.05) is 61.5 Å². The first-order chi connectivity index (χ1) is 16.0. The maximum absolute atomic E-state index is 13.2. The van der Waals surface area contributed by atoms with Crippen LogP contribution in [0, 0.1) is 24.1 Å². The van der Waals surface area contributed by atoms with Crippen LogP contribution < -0.4 is 10.1 Å². The Morgan fingerprint density at radius 1 is 1.00 bits per heavy atom. The van der Waals surface area contributed by atoms with E-state index in [-0.39, 0.29) is 18.0 Å². The molecule has 162 valence electrons. The third-order valence-corrected chi connectivity index (χ3v) is 5.20. The molecule has 0 atom stereocenters. The van der Waals surface area contributed by atoms with Gasteiger partial charge in [0.15, 0.2) is 0 Å². The third-order valence-electron chi connectivity index (χ3n) is 5.20. The molecule has 0 fully saturated rings. The summed E-state index contributed by atoms with van der Waals surface area (Å²) in [4.78, 5) is 12.8. The van der Waals surface area contributed by atoms with Crippen LogP contribution in [0.3, 0.4) is 0 Å². The molecule has 1 amide bonds. The molecule has 4 nitrogen and oxygen atoms in total. The third kappa shape index (κ3) is 5.25. The monoisotopic (exact) mass is 436 g/mol. The Balaban J connectivity index is 1.68. The maximum Gasteiger partial charge on any atom is 0.266 e. The molecule has 33 heavy (non-hydrogen) atoms. The van der Waals surface area contributed by atoms with Crippen molar-refractivity contribution in [2.45, 2.75) is 13.5 Å². The molecule has 0 unspecified atom stereocenters. The highest BCUT2D eigenvalue weighted by Gasteiger charge is 2.14. The van der Waals surface area contributed by atoms with E-state index in [9.17, 15) is 14.4 Å². The summed E-state index contributed by atoms with van der Waals surface area (Å²) < 4.78 is 19.2. The van der Waals surface area contributed by atoms with Gasteiger partial charge in [0, 0.05) is 11.3 Å². The minimum absolute atomic E-state index is 0.0430. The number of nitrogens with one attached hydrogen (secondary N) is 1. The van der Waals surface area contributed by atoms with Gasteiger partial charge < -0.3 is 10.1 Å². The van der Waals surface area contributed by atoms with Crippen LogP contribution in [0.1, 0.15) is 16.7 Å². The van der Waals surface area contributed by atoms with Crippen LogP contribution >= 0.6 is 0 Å². The van der Waals surface area contributed by atoms with Gasteiger partial charge in [-0.15, -0.1) is 0 Å². The van der Waals surface area contributed by atoms with Crippen molar-refractivity contribution in [1.29, 1.82) is 5.26 Å². The van der Waals surface area contributed by atoms with Gasteiger partial charge in [-0.2, -0.15) is 5.26 Å². The lowest BCUT2D eigenvalue weighted by atomic mass is 10.0. The zero-order chi connectivity index (χ0) is 23.2. The van der Waals surface area contributed by atoms with Crippen molar-refractivity contribution in [2.75, 3.05) is 5.32 Å². The molecule has 0 spiro atoms. The molecule has 0 heterocycles. The quantitative estimate of drug-likeness (QED) is 0.281. The number of fused-ring (bicyclic) bond motifs is 1. The number of ether oxygens (including phenoxy) is 1. The van der Waals surface area contributed by atoms with Crippen molar-refractivity contribution in [2.24, 2.45) is 0 Å². The number of nitrogens with zero attached hydrogens (tertiary/aromatic N) is 1. The molecule has 0 saturated heterocycles. The van der Waals surface area contributed by atoms with Gasteiger partial charge in [-0.1, -0.05) is 60.2 Å². The first-order valence-electron chi connectivity index (χ1n) is 10.4. The smallest absolute Gasteiger partial charge is 0.266 e. The highest BCUT2D eigenvalue weighted by Crippen LogP contribution is 2.31. The highest BCUT2D eigenvalue weighted by atomic mass is 19.1. The number of carbonyl (C=O) groups excluding carboxylic acids is 1. The van der Waals surface area contributed by atoms with Gasteiger partial charge >= 0.3 is 0 Å². The summed E-state index contributed by atoms with van der Waals surface area (Å²) in [5, 5.41) is 14.3. The maximum atomic E-state index is 13.2. The van der Waals surface area contributed by atoms with Crippen molar-refractivity contribution in [3.8, 4) is 11.8 Å². The zero-order valence-electron chi connectivity index (χ0n) is 18.0. The Morgan fingerprint density at radius 2 is 1.73 bits per heavy atom. The summed E-state index contributed by atoms with van der Waals surface area (Å²) in [6, 6.07) is 26.8. The van der Waals surface area contributed by atoms with Crippen molar-refractivity contribution in [3.63, 3.8) is 0 Å². The average molecular weight is 436 g/mol. The van der Waals surface area contributed by atoms with Crippen molar-refractivity contribution in [3.05, 3.63) is 113 Å². The van der Waals surface area contributed by atoms with E-state index in [1.54, 1.807) is 30.3 Å². The normalized spacial score (nSPS) is 11.1. The highest BCUT2D eigenvalue weighted by molar-refractivity contribution is 6.11. The summed E-state index contributed by atoms with van der Waals surface area (Å²) >= 11 is 0. The first kappa shape index (κ1) is 21.8. The lowest BCUT2D eigenvalue weighted by Gasteiger charge is -2.13. The molecule has 0 aliphatic rings. The Morgan fingerprint density at radius 3 is 2.45 bits per heavy atom. The van der Waals surface area contributed by atoms with Crippen molar-refractivity contribution >= 4 is 28.4 Å². The fraction of sp³-hybridized carbons (Fsp3) is 0.0714. The molecule has 0 aromatic heterocycles. The lowest BCUT2D eigenvalue weighted by molar-refractivity contribution is -0.112. The average Bonchev–Trinajstić information content (AvgIpc) is 2.84. The molecule has 4 rings (SSSR count). The van der Waals surface area contributed by atoms with E-state index >= 15 is 0 Å². The number of hydrogen-bond donors (Lipinski definition) is 1. The van der Waals surface area contributed by atoms with E-state index in [0.717, 1.165) is 21.9 Å². The van der Waals surface area contributed by atoms with Crippen molar-refractivity contribution < 1.29 is 13.9 Å². The number of carbonyl (C=O) groups is 1. The lowest BCUT2D eigenvalue weighted by Crippen LogP contribution is -2.13. The van der Waals surface area contributed by atoms with E-state index in [0.29, 0.717) is 17.0 Å². The van der Waals surface area contributed by atoms with Crippen LogP contribution in [0.4, 0.5) is 10.1 Å². The van der Waals surface area contributed by atoms with Crippen LogP contribution in [0.15, 0.2) is 90.5 Å². The van der Waals surface area contributed by atoms with Gasteiger partial charge in [-0.3, -0.25) is 4.79 Å². The van der Waals surface area contributed by atoms with E-state index in [1.165, 1.54) is 12.1 Å². The molecule has 1 N–H and O–H groups in total. The predicted octanol–water partition coefficient (Wildman–Crippen LogP) is 6.41. The van der Waals surface area contributed by atoms with Gasteiger partial charge in [-0.25, -0.2) is 4.39 Å². The fourth-order valence-corrected chi connectivity index (χ4v) is 3.42. The van der Waals surface area contributed by atoms with Crippen LogP contribution in [0.5, 0.6) is 5.75 Å². The minimum atomic E-state index is -0.501. The van der Waals surface area contributed by atoms with E-state index in [4.69, 9.17) is 4.74 Å². The summed E-state index contributed by atoms with van der Waals surface area (Å²) in [7, 11) is 0. The molecular weight excluding hydrogens is 415 g/mol. The summed E-state index contributed by atoms with van der Waals surface area (Å²) in [6.45, 7) is 2.18. The van der Waals surface area contributed by atoms with Gasteiger partial charge in [-0.05, 0) is 59.7 Å². The second kappa shape index (κ2) is 9.80. The van der Waals surface area contributed by atoms with Crippen LogP contribution in [0.2, 0.25) is 0 Å². The standard InChI is InChI=1S/C28H21FN2O2/c1-19-6-13-24(14-7-19)31-28(32)22(17-30)16-26-25-5-3-2-4-21(25)10-15-27(26)33-18-20-8-11-23(29)12-9-20/h2-16H,18H2,1H3,(H,31,32)/b22-16+. The number of anilines is 1. The summed E-state index contributed by atoms with van der Waals surface area (Å²) in [5.74, 6) is -0.293. The second-order valence-corrected chi connectivity index (χ2v) is 7.60. The second-order valence-electron chi connectivity index (χ2n) is 7.60. The van der Waals surface area contributed by atoms with Crippen LogP contribution in [-0.4, -0.2) is 5.91 Å². The molecule has 5 heteroatoms. The van der Waals surface area contributed by atoms with Gasteiger partial charge in [0.25, 0.3) is 5.91 Å². The number of nitriles is 1. The van der Waals surface area contributed by atoms with Crippen LogP contribution in [-0.2, 0) is 11.4 Å². The number of benzene rings is 4. The number of aryl methyl sites for hydroxylation is 1. The van der Waals surface area contributed by atoms with E-state index in [2.05, 4.69) is 5.32 Å². The topological polar surface area (TPSA) is 62.1 Å². The number of hydrogen-bond acceptors (Lipinski definition) is 3. The number of halogens is 1. The Labute approximate surface area is 191 Å². The van der Waals surface area contributed by atoms with Gasteiger partial charge in [0.2, 0.25) is 0 Å². The molecule has 0 aliphatic heterocycles. The molecule has 0 saturated carbocycles. The van der Waals surface area contributed by atoms with Crippen LogP contribution in [0.25, 0.3) is 16.8 Å². The van der Waals surface area contributed by atoms with Gasteiger partial charge in [0.05, 0.1) is 0 Å². The molecule has 0 aliphatic carbocycles. The minimum Gasteiger partial charge on any atom is -0.488 e. The van der Waals surface area contributed by atoms with Gasteiger partial charge in [0.1, 0.15) is 29.8 Å². The Kier molecular flexibility index (Phi) is 6.47.